The zero-order chi connectivity index (χ0) is 17.1. The maximum absolute atomic E-state index is 13.0. The second kappa shape index (κ2) is 6.76. The number of nitriles is 1. The monoisotopic (exact) mass is 319 g/mol. The highest BCUT2D eigenvalue weighted by Crippen LogP contribution is 2.34. The molecule has 4 heteroatoms. The molecule has 1 atom stereocenters. The van der Waals surface area contributed by atoms with Crippen LogP contribution in [0.1, 0.15) is 31.4 Å². The number of nitrogens with one attached hydrogen (secondary N) is 1. The summed E-state index contributed by atoms with van der Waals surface area (Å²) in [5.41, 5.74) is 3.32. The Labute approximate surface area is 142 Å². The Morgan fingerprint density at radius 2 is 1.88 bits per heavy atom. The molecule has 1 aliphatic heterocycles. The third-order valence-electron chi connectivity index (χ3n) is 4.26. The first-order chi connectivity index (χ1) is 11.6. The first-order valence-electron chi connectivity index (χ1n) is 8.25. The molecule has 1 heterocycles. The van der Waals surface area contributed by atoms with Gasteiger partial charge >= 0.3 is 0 Å². The van der Waals surface area contributed by atoms with Crippen LogP contribution in [-0.2, 0) is 11.3 Å². The van der Waals surface area contributed by atoms with Gasteiger partial charge < -0.3 is 10.2 Å². The molecule has 1 amide bonds. The van der Waals surface area contributed by atoms with E-state index in [-0.39, 0.29) is 11.9 Å². The minimum atomic E-state index is -0.228. The Bertz CT molecular complexity index is 791. The molecule has 24 heavy (non-hydrogen) atoms. The van der Waals surface area contributed by atoms with Crippen molar-refractivity contribution >= 4 is 17.3 Å². The number of amides is 1. The van der Waals surface area contributed by atoms with E-state index in [2.05, 4.69) is 25.2 Å². The standard InChI is InChI=1S/C20H21N3O/c1-14(2)11-18-20(24)23(19-10-6-5-9-17(19)22-18)13-16-8-4-3-7-15(16)12-21/h3-10,14,18,22H,11,13H2,1-2H3. The largest absolute Gasteiger partial charge is 0.372 e. The summed E-state index contributed by atoms with van der Waals surface area (Å²) in [6, 6.07) is 17.3. The Morgan fingerprint density at radius 3 is 2.62 bits per heavy atom. The van der Waals surface area contributed by atoms with Gasteiger partial charge in [-0.25, -0.2) is 0 Å². The number of hydrogen-bond donors (Lipinski definition) is 1. The molecule has 0 spiro atoms. The Morgan fingerprint density at radius 1 is 1.17 bits per heavy atom. The van der Waals surface area contributed by atoms with Gasteiger partial charge in [-0.2, -0.15) is 5.26 Å². The van der Waals surface area contributed by atoms with Gasteiger partial charge in [-0.05, 0) is 36.1 Å². The molecule has 3 rings (SSSR count). The molecule has 0 saturated carbocycles. The first kappa shape index (κ1) is 16.1. The summed E-state index contributed by atoms with van der Waals surface area (Å²) in [5, 5.41) is 12.7. The summed E-state index contributed by atoms with van der Waals surface area (Å²) in [4.78, 5) is 14.8. The minimum absolute atomic E-state index is 0.0649. The van der Waals surface area contributed by atoms with Crippen LogP contribution in [0.4, 0.5) is 11.4 Å². The van der Waals surface area contributed by atoms with Gasteiger partial charge in [-0.1, -0.05) is 44.2 Å². The quantitative estimate of drug-likeness (QED) is 0.929. The SMILES string of the molecule is CC(C)CC1Nc2ccccc2N(Cc2ccccc2C#N)C1=O. The van der Waals surface area contributed by atoms with E-state index in [4.69, 9.17) is 0 Å². The van der Waals surface area contributed by atoms with Gasteiger partial charge in [-0.3, -0.25) is 4.79 Å². The number of carbonyl (C=O) groups excluding carboxylic acids is 1. The third-order valence-corrected chi connectivity index (χ3v) is 4.26. The molecule has 0 fully saturated rings. The zero-order valence-electron chi connectivity index (χ0n) is 14.0. The Balaban J connectivity index is 1.98. The molecule has 2 aromatic carbocycles. The predicted octanol–water partition coefficient (Wildman–Crippen LogP) is 3.93. The van der Waals surface area contributed by atoms with E-state index in [1.54, 1.807) is 11.0 Å². The van der Waals surface area contributed by atoms with E-state index < -0.39 is 0 Å². The summed E-state index contributed by atoms with van der Waals surface area (Å²) in [7, 11) is 0. The van der Waals surface area contributed by atoms with E-state index in [1.807, 2.05) is 42.5 Å². The van der Waals surface area contributed by atoms with Crippen molar-refractivity contribution < 1.29 is 4.79 Å². The highest BCUT2D eigenvalue weighted by molar-refractivity contribution is 6.04. The Kier molecular flexibility index (Phi) is 4.52. The van der Waals surface area contributed by atoms with E-state index in [0.29, 0.717) is 18.0 Å². The molecular weight excluding hydrogens is 298 g/mol. The molecule has 4 nitrogen and oxygen atoms in total. The molecule has 0 saturated heterocycles. The average Bonchev–Trinajstić information content (AvgIpc) is 2.58. The second-order valence-corrected chi connectivity index (χ2v) is 6.54. The van der Waals surface area contributed by atoms with Crippen molar-refractivity contribution in [3.63, 3.8) is 0 Å². The fourth-order valence-corrected chi connectivity index (χ4v) is 3.12. The number of rotatable bonds is 4. The highest BCUT2D eigenvalue weighted by Gasteiger charge is 2.32. The van der Waals surface area contributed by atoms with Gasteiger partial charge in [0.25, 0.3) is 0 Å². The molecule has 0 aliphatic carbocycles. The van der Waals surface area contributed by atoms with Gasteiger partial charge in [0.15, 0.2) is 0 Å². The highest BCUT2D eigenvalue weighted by atomic mass is 16.2. The van der Waals surface area contributed by atoms with E-state index in [1.165, 1.54) is 0 Å². The maximum atomic E-state index is 13.0. The van der Waals surface area contributed by atoms with Crippen LogP contribution in [0.5, 0.6) is 0 Å². The van der Waals surface area contributed by atoms with Crippen LogP contribution >= 0.6 is 0 Å². The summed E-state index contributed by atoms with van der Waals surface area (Å²) in [6.45, 7) is 4.64. The lowest BCUT2D eigenvalue weighted by Crippen LogP contribution is -2.47. The molecule has 1 N–H and O–H groups in total. The lowest BCUT2D eigenvalue weighted by atomic mass is 9.98. The van der Waals surface area contributed by atoms with Crippen LogP contribution in [0.15, 0.2) is 48.5 Å². The third kappa shape index (κ3) is 3.11. The molecule has 0 aromatic heterocycles. The fraction of sp³-hybridized carbons (Fsp3) is 0.300. The lowest BCUT2D eigenvalue weighted by molar-refractivity contribution is -0.120. The van der Waals surface area contributed by atoms with Crippen molar-refractivity contribution in [2.24, 2.45) is 5.92 Å². The van der Waals surface area contributed by atoms with Gasteiger partial charge in [0.2, 0.25) is 5.91 Å². The topological polar surface area (TPSA) is 56.1 Å². The maximum Gasteiger partial charge on any atom is 0.249 e. The van der Waals surface area contributed by atoms with E-state index >= 15 is 0 Å². The molecule has 1 unspecified atom stereocenters. The number of nitrogens with zero attached hydrogens (tertiary/aromatic N) is 2. The predicted molar refractivity (Wildman–Crippen MR) is 95.7 cm³/mol. The van der Waals surface area contributed by atoms with Gasteiger partial charge in [0, 0.05) is 0 Å². The van der Waals surface area contributed by atoms with Crippen molar-refractivity contribution in [2.45, 2.75) is 32.9 Å². The number of anilines is 2. The molecule has 0 bridgehead atoms. The van der Waals surface area contributed by atoms with Crippen molar-refractivity contribution in [2.75, 3.05) is 10.2 Å². The summed E-state index contributed by atoms with van der Waals surface area (Å²) in [6.07, 6.45) is 0.781. The average molecular weight is 319 g/mol. The van der Waals surface area contributed by atoms with Crippen LogP contribution in [0.25, 0.3) is 0 Å². The van der Waals surface area contributed by atoms with Crippen molar-refractivity contribution in [3.05, 3.63) is 59.7 Å². The number of carbonyl (C=O) groups is 1. The number of benzene rings is 2. The van der Waals surface area contributed by atoms with Crippen LogP contribution < -0.4 is 10.2 Å². The van der Waals surface area contributed by atoms with Gasteiger partial charge in [0.1, 0.15) is 6.04 Å². The number of fused-ring (bicyclic) bond motifs is 1. The molecule has 1 aliphatic rings. The molecular formula is C20H21N3O. The zero-order valence-corrected chi connectivity index (χ0v) is 14.0. The van der Waals surface area contributed by atoms with Crippen LogP contribution in [0, 0.1) is 17.2 Å². The van der Waals surface area contributed by atoms with Crippen molar-refractivity contribution in [3.8, 4) is 6.07 Å². The number of hydrogen-bond acceptors (Lipinski definition) is 3. The lowest BCUT2D eigenvalue weighted by Gasteiger charge is -2.36. The smallest absolute Gasteiger partial charge is 0.249 e. The van der Waals surface area contributed by atoms with Crippen LogP contribution in [-0.4, -0.2) is 11.9 Å². The van der Waals surface area contributed by atoms with Crippen LogP contribution in [0.2, 0.25) is 0 Å². The van der Waals surface area contributed by atoms with E-state index in [9.17, 15) is 10.1 Å². The minimum Gasteiger partial charge on any atom is -0.372 e. The van der Waals surface area contributed by atoms with Crippen molar-refractivity contribution in [1.82, 2.24) is 0 Å². The normalized spacial score (nSPS) is 16.5. The molecule has 2 aromatic rings. The first-order valence-corrected chi connectivity index (χ1v) is 8.25. The van der Waals surface area contributed by atoms with E-state index in [0.717, 1.165) is 23.4 Å². The Hall–Kier alpha value is -2.80. The number of para-hydroxylation sites is 2. The van der Waals surface area contributed by atoms with Gasteiger partial charge in [0.05, 0.1) is 29.6 Å². The summed E-state index contributed by atoms with van der Waals surface area (Å²) in [5.74, 6) is 0.486. The summed E-state index contributed by atoms with van der Waals surface area (Å²) < 4.78 is 0. The fourth-order valence-electron chi connectivity index (χ4n) is 3.12. The summed E-state index contributed by atoms with van der Waals surface area (Å²) >= 11 is 0. The van der Waals surface area contributed by atoms with Gasteiger partial charge in [-0.15, -0.1) is 0 Å². The van der Waals surface area contributed by atoms with Crippen molar-refractivity contribution in [1.29, 1.82) is 5.26 Å². The second-order valence-electron chi connectivity index (χ2n) is 6.54. The van der Waals surface area contributed by atoms with Crippen LogP contribution in [0.3, 0.4) is 0 Å². The molecule has 0 radical (unpaired) electrons. The molecule has 122 valence electrons.